The Bertz CT molecular complexity index is 637. The Hall–Kier alpha value is -0.590. The third-order valence-electron chi connectivity index (χ3n) is 3.45. The maximum Gasteiger partial charge on any atom is 0.206 e. The van der Waals surface area contributed by atoms with Gasteiger partial charge in [-0.25, -0.2) is 8.42 Å². The molecule has 0 unspecified atom stereocenters. The Morgan fingerprint density at radius 3 is 2.50 bits per heavy atom. The van der Waals surface area contributed by atoms with E-state index in [9.17, 15) is 8.42 Å². The van der Waals surface area contributed by atoms with E-state index < -0.39 is 9.84 Å². The first-order chi connectivity index (χ1) is 9.10. The first kappa shape index (κ1) is 15.8. The molecule has 20 heavy (non-hydrogen) atoms. The molecule has 0 spiro atoms. The summed E-state index contributed by atoms with van der Waals surface area (Å²) in [4.78, 5) is 2.70. The van der Waals surface area contributed by atoms with Crippen molar-refractivity contribution in [2.75, 3.05) is 32.8 Å². The molecule has 0 aromatic heterocycles. The molecule has 0 aliphatic carbocycles. The summed E-state index contributed by atoms with van der Waals surface area (Å²) in [5.41, 5.74) is 0.618. The van der Waals surface area contributed by atoms with E-state index in [1.165, 1.54) is 0 Å². The molecule has 0 radical (unpaired) electrons. The van der Waals surface area contributed by atoms with Gasteiger partial charge in [0.1, 0.15) is 0 Å². The molecule has 2 aliphatic rings. The third kappa shape index (κ3) is 2.61. The first-order valence-corrected chi connectivity index (χ1v) is 8.00. The first-order valence-electron chi connectivity index (χ1n) is 6.14. The molecular weight excluding hydrogens is 321 g/mol. The van der Waals surface area contributed by atoms with Gasteiger partial charge in [-0.05, 0) is 6.07 Å². The van der Waals surface area contributed by atoms with E-state index in [0.717, 1.165) is 13.1 Å². The predicted molar refractivity (Wildman–Crippen MR) is 80.9 cm³/mol. The number of hydrogen-bond donors (Lipinski definition) is 0. The normalized spacial score (nSPS) is 21.4. The van der Waals surface area contributed by atoms with Gasteiger partial charge in [0, 0.05) is 25.2 Å². The summed E-state index contributed by atoms with van der Waals surface area (Å²) in [7, 11) is -3.43. The summed E-state index contributed by atoms with van der Waals surface area (Å²) in [6, 6.07) is 6.88. The zero-order valence-electron chi connectivity index (χ0n) is 10.7. The second kappa shape index (κ2) is 6.03. The summed E-state index contributed by atoms with van der Waals surface area (Å²) in [5, 5.41) is 0.363. The molecule has 4 nitrogen and oxygen atoms in total. The fourth-order valence-corrected chi connectivity index (χ4v) is 4.67. The summed E-state index contributed by atoms with van der Waals surface area (Å²) in [5.74, 6) is 0. The number of hydrogen-bond acceptors (Lipinski definition) is 4. The van der Waals surface area contributed by atoms with Crippen molar-refractivity contribution in [2.45, 2.75) is 4.90 Å². The van der Waals surface area contributed by atoms with E-state index in [1.807, 2.05) is 0 Å². The number of fused-ring (bicyclic) bond motifs is 1. The molecule has 2 aliphatic heterocycles. The molecule has 3 rings (SSSR count). The fraction of sp³-hybridized carbons (Fsp3) is 0.385. The number of sulfone groups is 1. The van der Waals surface area contributed by atoms with Crippen LogP contribution in [0.4, 0.5) is 0 Å². The quantitative estimate of drug-likeness (QED) is 0.830. The van der Waals surface area contributed by atoms with Gasteiger partial charge < -0.3 is 4.74 Å². The molecule has 0 bridgehead atoms. The van der Waals surface area contributed by atoms with Crippen molar-refractivity contribution in [1.29, 1.82) is 0 Å². The van der Waals surface area contributed by atoms with Crippen LogP contribution in [-0.2, 0) is 14.6 Å². The maximum absolute atomic E-state index is 12.5. The lowest BCUT2D eigenvalue weighted by Gasteiger charge is -2.26. The Labute approximate surface area is 129 Å². The minimum Gasteiger partial charge on any atom is -0.379 e. The zero-order valence-corrected chi connectivity index (χ0v) is 13.1. The van der Waals surface area contributed by atoms with Crippen LogP contribution in [-0.4, -0.2) is 46.2 Å². The predicted octanol–water partition coefficient (Wildman–Crippen LogP) is 2.14. The molecule has 1 aromatic carbocycles. The Balaban J connectivity index is 0.00000147. The maximum atomic E-state index is 12.5. The largest absolute Gasteiger partial charge is 0.379 e. The van der Waals surface area contributed by atoms with Crippen molar-refractivity contribution >= 4 is 38.9 Å². The van der Waals surface area contributed by atoms with Gasteiger partial charge in [-0.2, -0.15) is 0 Å². The van der Waals surface area contributed by atoms with Crippen LogP contribution >= 0.6 is 24.0 Å². The Morgan fingerprint density at radius 1 is 1.20 bits per heavy atom. The van der Waals surface area contributed by atoms with Gasteiger partial charge in [0.2, 0.25) is 9.84 Å². The van der Waals surface area contributed by atoms with Gasteiger partial charge in [-0.3, -0.25) is 4.90 Å². The number of benzene rings is 1. The second-order valence-corrected chi connectivity index (χ2v) is 6.94. The van der Waals surface area contributed by atoms with Gasteiger partial charge in [0.05, 0.1) is 28.0 Å². The SMILES string of the molecule is Cl.O=S1(=O)C(CN2CCOCC2)=C(Cl)c2ccccc21. The molecule has 0 N–H and O–H groups in total. The molecule has 1 saturated heterocycles. The van der Waals surface area contributed by atoms with Crippen molar-refractivity contribution in [3.8, 4) is 0 Å². The summed E-state index contributed by atoms with van der Waals surface area (Å²) in [6.45, 7) is 3.11. The molecule has 110 valence electrons. The number of halogens is 2. The van der Waals surface area contributed by atoms with Gasteiger partial charge in [0.15, 0.2) is 0 Å². The zero-order chi connectivity index (χ0) is 13.5. The molecule has 7 heteroatoms. The highest BCUT2D eigenvalue weighted by molar-refractivity contribution is 7.96. The Kier molecular flexibility index (Phi) is 4.76. The molecule has 0 amide bonds. The number of ether oxygens (including phenoxy) is 1. The molecule has 1 fully saturated rings. The van der Waals surface area contributed by atoms with Gasteiger partial charge in [0.25, 0.3) is 0 Å². The van der Waals surface area contributed by atoms with E-state index in [4.69, 9.17) is 16.3 Å². The monoisotopic (exact) mass is 335 g/mol. The van der Waals surface area contributed by atoms with Crippen LogP contribution in [0.3, 0.4) is 0 Å². The van der Waals surface area contributed by atoms with E-state index in [2.05, 4.69) is 4.90 Å². The highest BCUT2D eigenvalue weighted by Gasteiger charge is 2.35. The van der Waals surface area contributed by atoms with E-state index in [-0.39, 0.29) is 12.4 Å². The second-order valence-electron chi connectivity index (χ2n) is 4.63. The number of rotatable bonds is 2. The molecule has 1 aromatic rings. The lowest BCUT2D eigenvalue weighted by molar-refractivity contribution is 0.0430. The number of morpholine rings is 1. The van der Waals surface area contributed by atoms with Crippen molar-refractivity contribution in [1.82, 2.24) is 4.90 Å². The minimum absolute atomic E-state index is 0. The summed E-state index contributed by atoms with van der Waals surface area (Å²) >= 11 is 6.26. The van der Waals surface area contributed by atoms with E-state index >= 15 is 0 Å². The summed E-state index contributed by atoms with van der Waals surface area (Å²) < 4.78 is 30.2. The van der Waals surface area contributed by atoms with Gasteiger partial charge >= 0.3 is 0 Å². The molecule has 0 atom stereocenters. The highest BCUT2D eigenvalue weighted by Crippen LogP contribution is 2.41. The number of nitrogens with zero attached hydrogens (tertiary/aromatic N) is 1. The fourth-order valence-electron chi connectivity index (χ4n) is 2.40. The van der Waals surface area contributed by atoms with Gasteiger partial charge in [-0.1, -0.05) is 29.8 Å². The smallest absolute Gasteiger partial charge is 0.206 e. The van der Waals surface area contributed by atoms with Crippen molar-refractivity contribution in [2.24, 2.45) is 0 Å². The lowest BCUT2D eigenvalue weighted by Crippen LogP contribution is -2.38. The summed E-state index contributed by atoms with van der Waals surface area (Å²) in [6.07, 6.45) is 0. The van der Waals surface area contributed by atoms with Crippen LogP contribution in [0.15, 0.2) is 34.1 Å². The molecule has 2 heterocycles. The van der Waals surface area contributed by atoms with Crippen LogP contribution in [0.2, 0.25) is 0 Å². The van der Waals surface area contributed by atoms with Crippen molar-refractivity contribution in [3.05, 3.63) is 34.7 Å². The van der Waals surface area contributed by atoms with Crippen LogP contribution < -0.4 is 0 Å². The average Bonchev–Trinajstić information content (AvgIpc) is 2.62. The minimum atomic E-state index is -3.43. The van der Waals surface area contributed by atoms with E-state index in [1.54, 1.807) is 24.3 Å². The van der Waals surface area contributed by atoms with E-state index in [0.29, 0.717) is 40.2 Å². The standard InChI is InChI=1S/C13H14ClNO3S.ClH/c14-13-10-3-1-2-4-11(10)19(16,17)12(13)9-15-5-7-18-8-6-15;/h1-4H,5-9H2;1H. The van der Waals surface area contributed by atoms with Crippen LogP contribution in [0, 0.1) is 0 Å². The highest BCUT2D eigenvalue weighted by atomic mass is 35.5. The topological polar surface area (TPSA) is 46.6 Å². The Morgan fingerprint density at radius 2 is 1.85 bits per heavy atom. The third-order valence-corrected chi connectivity index (χ3v) is 5.91. The van der Waals surface area contributed by atoms with Crippen LogP contribution in [0.5, 0.6) is 0 Å². The van der Waals surface area contributed by atoms with Crippen LogP contribution in [0.25, 0.3) is 5.03 Å². The van der Waals surface area contributed by atoms with Crippen molar-refractivity contribution < 1.29 is 13.2 Å². The van der Waals surface area contributed by atoms with Crippen LogP contribution in [0.1, 0.15) is 5.56 Å². The lowest BCUT2D eigenvalue weighted by atomic mass is 10.2. The van der Waals surface area contributed by atoms with Gasteiger partial charge in [-0.15, -0.1) is 12.4 Å². The molecule has 0 saturated carbocycles. The average molecular weight is 336 g/mol. The van der Waals surface area contributed by atoms with Crippen molar-refractivity contribution in [3.63, 3.8) is 0 Å². The molecular formula is C13H15Cl2NO3S.